The highest BCUT2D eigenvalue weighted by Crippen LogP contribution is 2.29. The van der Waals surface area contributed by atoms with Crippen molar-refractivity contribution < 1.29 is 0 Å². The molecule has 0 heterocycles. The van der Waals surface area contributed by atoms with Crippen molar-refractivity contribution in [3.63, 3.8) is 0 Å². The van der Waals surface area contributed by atoms with Crippen LogP contribution in [0.1, 0.15) is 43.4 Å². The van der Waals surface area contributed by atoms with Crippen LogP contribution in [0, 0.1) is 0 Å². The summed E-state index contributed by atoms with van der Waals surface area (Å²) in [4.78, 5) is 4.03. The summed E-state index contributed by atoms with van der Waals surface area (Å²) >= 11 is 0. The van der Waals surface area contributed by atoms with Gasteiger partial charge in [0.25, 0.3) is 0 Å². The normalized spacial score (nSPS) is 10.4. The molecule has 1 nitrogen and oxygen atoms in total. The van der Waals surface area contributed by atoms with E-state index in [1.165, 1.54) is 11.1 Å². The first-order chi connectivity index (χ1) is 7.13. The maximum Gasteiger partial charge on any atom is 0.0697 e. The van der Waals surface area contributed by atoms with Crippen LogP contribution >= 0.6 is 0 Å². The smallest absolute Gasteiger partial charge is 0.0697 e. The molecule has 0 fully saturated rings. The predicted molar refractivity (Wildman–Crippen MR) is 69.2 cm³/mol. The van der Waals surface area contributed by atoms with Crippen molar-refractivity contribution in [2.75, 3.05) is 0 Å². The molecular weight excluding hydrogens is 182 g/mol. The largest absolute Gasteiger partial charge is 0.264 e. The van der Waals surface area contributed by atoms with E-state index in [9.17, 15) is 0 Å². The minimum atomic E-state index is 0.539. The van der Waals surface area contributed by atoms with Crippen molar-refractivity contribution in [3.8, 4) is 0 Å². The number of aryl methyl sites for hydroxylation is 1. The van der Waals surface area contributed by atoms with Gasteiger partial charge in [0.2, 0.25) is 0 Å². The lowest BCUT2D eigenvalue weighted by Gasteiger charge is -2.14. The number of rotatable bonds is 4. The first-order valence-corrected chi connectivity index (χ1v) is 5.40. The third kappa shape index (κ3) is 2.35. The van der Waals surface area contributed by atoms with E-state index in [0.29, 0.717) is 5.92 Å². The SMILES string of the molecule is C=Cc1cc(C(C)C)c(CC)cc1N=C. The monoisotopic (exact) mass is 201 g/mol. The molecule has 0 aliphatic rings. The second-order valence-electron chi connectivity index (χ2n) is 3.98. The molecule has 0 unspecified atom stereocenters. The highest BCUT2D eigenvalue weighted by atomic mass is 14.7. The molecule has 80 valence electrons. The van der Waals surface area contributed by atoms with E-state index in [-0.39, 0.29) is 0 Å². The second kappa shape index (κ2) is 4.92. The summed E-state index contributed by atoms with van der Waals surface area (Å²) in [6.45, 7) is 14.0. The van der Waals surface area contributed by atoms with Gasteiger partial charge in [-0.1, -0.05) is 33.4 Å². The van der Waals surface area contributed by atoms with Gasteiger partial charge in [-0.15, -0.1) is 0 Å². The van der Waals surface area contributed by atoms with Gasteiger partial charge in [-0.2, -0.15) is 0 Å². The van der Waals surface area contributed by atoms with Crippen molar-refractivity contribution in [1.82, 2.24) is 0 Å². The quantitative estimate of drug-likeness (QED) is 0.642. The molecule has 1 rings (SSSR count). The van der Waals surface area contributed by atoms with Gasteiger partial charge in [0.05, 0.1) is 5.69 Å². The van der Waals surface area contributed by atoms with Gasteiger partial charge < -0.3 is 0 Å². The molecule has 0 atom stereocenters. The highest BCUT2D eigenvalue weighted by molar-refractivity contribution is 5.67. The zero-order valence-electron chi connectivity index (χ0n) is 9.88. The van der Waals surface area contributed by atoms with E-state index >= 15 is 0 Å². The van der Waals surface area contributed by atoms with Crippen LogP contribution < -0.4 is 0 Å². The second-order valence-corrected chi connectivity index (χ2v) is 3.98. The van der Waals surface area contributed by atoms with Gasteiger partial charge in [-0.05, 0) is 47.9 Å². The third-order valence-corrected chi connectivity index (χ3v) is 2.68. The fraction of sp³-hybridized carbons (Fsp3) is 0.357. The Labute approximate surface area is 92.6 Å². The fourth-order valence-electron chi connectivity index (χ4n) is 1.81. The lowest BCUT2D eigenvalue weighted by Crippen LogP contribution is -1.96. The van der Waals surface area contributed by atoms with Crippen LogP contribution in [0.4, 0.5) is 5.69 Å². The minimum Gasteiger partial charge on any atom is -0.264 e. The summed E-state index contributed by atoms with van der Waals surface area (Å²) in [6, 6.07) is 4.31. The van der Waals surface area contributed by atoms with Crippen LogP contribution in [0.5, 0.6) is 0 Å². The third-order valence-electron chi connectivity index (χ3n) is 2.68. The summed E-state index contributed by atoms with van der Waals surface area (Å²) in [5.41, 5.74) is 4.76. The van der Waals surface area contributed by atoms with Gasteiger partial charge in [0.15, 0.2) is 0 Å². The summed E-state index contributed by atoms with van der Waals surface area (Å²) < 4.78 is 0. The Morgan fingerprint density at radius 2 is 2.07 bits per heavy atom. The van der Waals surface area contributed by atoms with Crippen LogP contribution in [0.25, 0.3) is 6.08 Å². The number of benzene rings is 1. The molecule has 0 aliphatic carbocycles. The van der Waals surface area contributed by atoms with E-state index in [4.69, 9.17) is 0 Å². The van der Waals surface area contributed by atoms with Crippen molar-refractivity contribution in [2.24, 2.45) is 4.99 Å². The Kier molecular flexibility index (Phi) is 3.84. The zero-order valence-corrected chi connectivity index (χ0v) is 9.88. The summed E-state index contributed by atoms with van der Waals surface area (Å²) in [7, 11) is 0. The maximum atomic E-state index is 4.03. The Morgan fingerprint density at radius 3 is 2.47 bits per heavy atom. The molecule has 15 heavy (non-hydrogen) atoms. The average Bonchev–Trinajstić information content (AvgIpc) is 2.26. The van der Waals surface area contributed by atoms with Crippen molar-refractivity contribution in [1.29, 1.82) is 0 Å². The molecule has 1 heteroatoms. The number of hydrogen-bond donors (Lipinski definition) is 0. The van der Waals surface area contributed by atoms with Crippen LogP contribution in [0.2, 0.25) is 0 Å². The molecule has 0 N–H and O–H groups in total. The Balaban J connectivity index is 3.40. The Morgan fingerprint density at radius 1 is 1.40 bits per heavy atom. The molecular formula is C14H19N. The van der Waals surface area contributed by atoms with Gasteiger partial charge in [0, 0.05) is 0 Å². The van der Waals surface area contributed by atoms with Crippen molar-refractivity contribution >= 4 is 18.5 Å². The average molecular weight is 201 g/mol. The zero-order chi connectivity index (χ0) is 11.4. The van der Waals surface area contributed by atoms with Gasteiger partial charge in [-0.3, -0.25) is 4.99 Å². The van der Waals surface area contributed by atoms with Crippen LogP contribution in [0.3, 0.4) is 0 Å². The molecule has 0 aromatic heterocycles. The number of hydrogen-bond acceptors (Lipinski definition) is 1. The minimum absolute atomic E-state index is 0.539. The molecule has 0 bridgehead atoms. The van der Waals surface area contributed by atoms with Gasteiger partial charge in [-0.25, -0.2) is 0 Å². The van der Waals surface area contributed by atoms with E-state index in [1.807, 2.05) is 6.08 Å². The molecule has 0 spiro atoms. The Bertz CT molecular complexity index is 375. The molecule has 1 aromatic rings. The summed E-state index contributed by atoms with van der Waals surface area (Å²) in [6.07, 6.45) is 2.88. The molecule has 0 saturated carbocycles. The lowest BCUT2D eigenvalue weighted by atomic mass is 9.92. The first-order valence-electron chi connectivity index (χ1n) is 5.40. The van der Waals surface area contributed by atoms with E-state index in [2.05, 4.69) is 51.2 Å². The van der Waals surface area contributed by atoms with Crippen LogP contribution in [-0.2, 0) is 6.42 Å². The summed E-state index contributed by atoms with van der Waals surface area (Å²) in [5.74, 6) is 0.539. The predicted octanol–water partition coefficient (Wildman–Crippen LogP) is 4.35. The number of nitrogens with zero attached hydrogens (tertiary/aromatic N) is 1. The lowest BCUT2D eigenvalue weighted by molar-refractivity contribution is 0.844. The highest BCUT2D eigenvalue weighted by Gasteiger charge is 2.08. The van der Waals surface area contributed by atoms with E-state index in [0.717, 1.165) is 17.7 Å². The van der Waals surface area contributed by atoms with E-state index < -0.39 is 0 Å². The van der Waals surface area contributed by atoms with Crippen molar-refractivity contribution in [3.05, 3.63) is 35.4 Å². The number of aliphatic imine (C=N–C) groups is 1. The van der Waals surface area contributed by atoms with Crippen LogP contribution in [0.15, 0.2) is 23.7 Å². The van der Waals surface area contributed by atoms with Crippen LogP contribution in [-0.4, -0.2) is 6.72 Å². The molecule has 1 aromatic carbocycles. The molecule has 0 amide bonds. The first kappa shape index (κ1) is 11.7. The summed E-state index contributed by atoms with van der Waals surface area (Å²) in [5, 5.41) is 0. The maximum absolute atomic E-state index is 4.03. The van der Waals surface area contributed by atoms with E-state index in [1.54, 1.807) is 0 Å². The van der Waals surface area contributed by atoms with Gasteiger partial charge in [0.1, 0.15) is 0 Å². The molecule has 0 saturated heterocycles. The fourth-order valence-corrected chi connectivity index (χ4v) is 1.81. The topological polar surface area (TPSA) is 12.4 Å². The van der Waals surface area contributed by atoms with Crippen molar-refractivity contribution in [2.45, 2.75) is 33.1 Å². The standard InChI is InChI=1S/C14H19N/c1-6-11-9-14(15-5)12(7-2)8-13(11)10(3)4/h7-10H,2,5-6H2,1,3-4H3. The Hall–Kier alpha value is -1.37. The van der Waals surface area contributed by atoms with Gasteiger partial charge >= 0.3 is 0 Å². The molecule has 0 aliphatic heterocycles. The molecule has 0 radical (unpaired) electrons.